The van der Waals surface area contributed by atoms with E-state index in [-0.39, 0.29) is 5.88 Å². The van der Waals surface area contributed by atoms with Crippen molar-refractivity contribution in [1.29, 1.82) is 0 Å². The topological polar surface area (TPSA) is 56.2 Å². The predicted octanol–water partition coefficient (Wildman–Crippen LogP) is 2.72. The van der Waals surface area contributed by atoms with Crippen molar-refractivity contribution >= 4 is 23.1 Å². The number of rotatable bonds is 3. The zero-order chi connectivity index (χ0) is 13.2. The minimum atomic E-state index is 0.242. The fourth-order valence-corrected chi connectivity index (χ4v) is 2.48. The predicted molar refractivity (Wildman–Crippen MR) is 78.0 cm³/mol. The van der Waals surface area contributed by atoms with Crippen molar-refractivity contribution in [3.05, 3.63) is 36.3 Å². The third-order valence-corrected chi connectivity index (χ3v) is 3.55. The van der Waals surface area contributed by atoms with Crippen LogP contribution in [0.3, 0.4) is 0 Å². The quantitative estimate of drug-likeness (QED) is 0.531. The number of hydrogen-bond acceptors (Lipinski definition) is 2. The summed E-state index contributed by atoms with van der Waals surface area (Å²) < 4.78 is 2.27. The molecular weight excluding hydrogens is 260 g/mol. The zero-order valence-corrected chi connectivity index (χ0v) is 11.3. The van der Waals surface area contributed by atoms with Crippen LogP contribution in [0.2, 0.25) is 0 Å². The lowest BCUT2D eigenvalue weighted by Crippen LogP contribution is -2.12. The van der Waals surface area contributed by atoms with E-state index in [9.17, 15) is 0 Å². The fraction of sp³-hybridized carbons (Fsp3) is 0.286. The van der Waals surface area contributed by atoms with E-state index in [2.05, 4.69) is 20.6 Å². The van der Waals surface area contributed by atoms with Gasteiger partial charge in [-0.25, -0.2) is 9.98 Å². The number of nitrogens with two attached hydrogens (primary N) is 1. The second kappa shape index (κ2) is 5.05. The van der Waals surface area contributed by atoms with Gasteiger partial charge in [-0.2, -0.15) is 0 Å². The molecule has 98 valence electrons. The lowest BCUT2D eigenvalue weighted by Gasteiger charge is -2.06. The number of alkyl halides is 1. The van der Waals surface area contributed by atoms with E-state index in [1.165, 1.54) is 12.2 Å². The first-order valence-electron chi connectivity index (χ1n) is 6.32. The molecule has 1 aliphatic heterocycles. The Balaban J connectivity index is 1.99. The van der Waals surface area contributed by atoms with Gasteiger partial charge in [-0.15, -0.1) is 11.6 Å². The number of benzene rings is 1. The Morgan fingerprint density at radius 1 is 1.47 bits per heavy atom. The molecule has 2 aromatic rings. The molecule has 0 atom stereocenters. The van der Waals surface area contributed by atoms with E-state index < -0.39 is 0 Å². The molecule has 0 spiro atoms. The normalized spacial score (nSPS) is 14.7. The van der Waals surface area contributed by atoms with Gasteiger partial charge < -0.3 is 10.3 Å². The molecule has 1 aliphatic rings. The summed E-state index contributed by atoms with van der Waals surface area (Å²) in [5.41, 5.74) is 8.75. The number of aromatic nitrogens is 2. The molecule has 2 heterocycles. The van der Waals surface area contributed by atoms with Gasteiger partial charge in [0.25, 0.3) is 0 Å². The summed E-state index contributed by atoms with van der Waals surface area (Å²) in [6.07, 6.45) is 4.17. The number of aliphatic imine (C=N–C) groups is 1. The largest absolute Gasteiger partial charge is 0.386 e. The van der Waals surface area contributed by atoms with Crippen LogP contribution in [0.5, 0.6) is 0 Å². The van der Waals surface area contributed by atoms with Gasteiger partial charge in [0.05, 0.1) is 23.5 Å². The highest BCUT2D eigenvalue weighted by atomic mass is 35.5. The highest BCUT2D eigenvalue weighted by Crippen LogP contribution is 2.28. The molecule has 0 amide bonds. The van der Waals surface area contributed by atoms with Gasteiger partial charge in [-0.05, 0) is 18.6 Å². The third kappa shape index (κ3) is 2.36. The van der Waals surface area contributed by atoms with Crippen molar-refractivity contribution < 1.29 is 0 Å². The average Bonchev–Trinajstić information content (AvgIpc) is 3.01. The van der Waals surface area contributed by atoms with E-state index in [1.807, 2.05) is 24.4 Å². The second-order valence-corrected chi connectivity index (χ2v) is 4.87. The van der Waals surface area contributed by atoms with Gasteiger partial charge in [0, 0.05) is 18.5 Å². The third-order valence-electron chi connectivity index (χ3n) is 3.27. The maximum Gasteiger partial charge on any atom is 0.115 e. The summed E-state index contributed by atoms with van der Waals surface area (Å²) in [7, 11) is 0. The summed E-state index contributed by atoms with van der Waals surface area (Å²) in [4.78, 5) is 8.74. The molecule has 2 N–H and O–H groups in total. The molecule has 5 heteroatoms. The summed E-state index contributed by atoms with van der Waals surface area (Å²) in [6, 6.07) is 7.98. The smallest absolute Gasteiger partial charge is 0.115 e. The van der Waals surface area contributed by atoms with Gasteiger partial charge in [0.1, 0.15) is 11.7 Å². The van der Waals surface area contributed by atoms with Crippen LogP contribution in [0.1, 0.15) is 12.2 Å². The maximum atomic E-state index is 5.66. The van der Waals surface area contributed by atoms with E-state index in [1.54, 1.807) is 0 Å². The Bertz CT molecular complexity index is 630. The van der Waals surface area contributed by atoms with Gasteiger partial charge in [-0.3, -0.25) is 0 Å². The fourth-order valence-electron chi connectivity index (χ4n) is 2.42. The van der Waals surface area contributed by atoms with E-state index in [0.29, 0.717) is 5.84 Å². The Hall–Kier alpha value is -1.81. The number of aryl methyl sites for hydroxylation is 1. The lowest BCUT2D eigenvalue weighted by molar-refractivity contribution is 0.756. The Morgan fingerprint density at radius 2 is 2.37 bits per heavy atom. The van der Waals surface area contributed by atoms with Gasteiger partial charge in [0.2, 0.25) is 0 Å². The van der Waals surface area contributed by atoms with Crippen LogP contribution in [-0.4, -0.2) is 21.3 Å². The molecule has 0 unspecified atom stereocenters. The van der Waals surface area contributed by atoms with Crippen LogP contribution in [0, 0.1) is 0 Å². The molecule has 1 aromatic heterocycles. The number of hydrogen-bond donors (Lipinski definition) is 1. The van der Waals surface area contributed by atoms with Crippen molar-refractivity contribution in [1.82, 2.24) is 9.55 Å². The van der Waals surface area contributed by atoms with Crippen molar-refractivity contribution in [2.75, 3.05) is 5.88 Å². The van der Waals surface area contributed by atoms with Crippen LogP contribution in [0.4, 0.5) is 5.69 Å². The van der Waals surface area contributed by atoms with Crippen molar-refractivity contribution in [2.24, 2.45) is 10.7 Å². The van der Waals surface area contributed by atoms with Crippen LogP contribution in [0.15, 0.2) is 35.5 Å². The first-order chi connectivity index (χ1) is 9.28. The molecular formula is C14H15ClN4. The van der Waals surface area contributed by atoms with Crippen molar-refractivity contribution in [3.8, 4) is 11.3 Å². The van der Waals surface area contributed by atoms with Gasteiger partial charge in [-0.1, -0.05) is 12.1 Å². The molecule has 19 heavy (non-hydrogen) atoms. The number of nitrogens with zero attached hydrogens (tertiary/aromatic N) is 3. The number of imidazole rings is 1. The highest BCUT2D eigenvalue weighted by molar-refractivity contribution is 6.28. The summed E-state index contributed by atoms with van der Waals surface area (Å²) in [5, 5.41) is 0. The van der Waals surface area contributed by atoms with Crippen molar-refractivity contribution in [3.63, 3.8) is 0 Å². The number of amidine groups is 1. The Morgan fingerprint density at radius 3 is 3.21 bits per heavy atom. The highest BCUT2D eigenvalue weighted by Gasteiger charge is 2.16. The molecule has 0 bridgehead atoms. The molecule has 3 rings (SSSR count). The molecule has 0 aliphatic carbocycles. The first kappa shape index (κ1) is 12.2. The molecule has 4 nitrogen and oxygen atoms in total. The second-order valence-electron chi connectivity index (χ2n) is 4.60. The van der Waals surface area contributed by atoms with E-state index in [4.69, 9.17) is 17.3 Å². The summed E-state index contributed by atoms with van der Waals surface area (Å²) in [6.45, 7) is 1.04. The Labute approximate surface area is 116 Å². The van der Waals surface area contributed by atoms with E-state index in [0.717, 1.165) is 29.9 Å². The minimum absolute atomic E-state index is 0.242. The van der Waals surface area contributed by atoms with E-state index >= 15 is 0 Å². The van der Waals surface area contributed by atoms with Crippen LogP contribution in [0.25, 0.3) is 11.3 Å². The minimum Gasteiger partial charge on any atom is -0.386 e. The van der Waals surface area contributed by atoms with Gasteiger partial charge in [0.15, 0.2) is 0 Å². The maximum absolute atomic E-state index is 5.66. The van der Waals surface area contributed by atoms with Gasteiger partial charge >= 0.3 is 0 Å². The van der Waals surface area contributed by atoms with Crippen molar-refractivity contribution in [2.45, 2.75) is 19.4 Å². The molecule has 0 saturated heterocycles. The number of fused-ring (bicyclic) bond motifs is 1. The molecule has 0 fully saturated rings. The van der Waals surface area contributed by atoms with Crippen LogP contribution < -0.4 is 5.73 Å². The lowest BCUT2D eigenvalue weighted by atomic mass is 10.1. The molecule has 0 saturated carbocycles. The standard InChI is InChI=1S/C14H15ClN4/c15-8-13(16)18-11-4-1-3-10(7-11)12-9-17-14-5-2-6-19(12)14/h1,3-4,7,9H,2,5-6,8H2,(H2,16,18). The monoisotopic (exact) mass is 274 g/mol. The first-order valence-corrected chi connectivity index (χ1v) is 6.85. The SMILES string of the molecule is NC(CCl)=Nc1cccc(-c2cnc3n2CCC3)c1. The average molecular weight is 275 g/mol. The molecule has 0 radical (unpaired) electrons. The van der Waals surface area contributed by atoms with Crippen LogP contribution >= 0.6 is 11.6 Å². The van der Waals surface area contributed by atoms with Crippen LogP contribution in [-0.2, 0) is 13.0 Å². The number of halogens is 1. The summed E-state index contributed by atoms with van der Waals surface area (Å²) in [5.74, 6) is 1.84. The Kier molecular flexibility index (Phi) is 3.25. The summed E-state index contributed by atoms with van der Waals surface area (Å²) >= 11 is 5.65. The molecule has 1 aromatic carbocycles. The zero-order valence-electron chi connectivity index (χ0n) is 10.5.